The van der Waals surface area contributed by atoms with Crippen LogP contribution in [-0.2, 0) is 0 Å². The Balaban J connectivity index is 2.12. The molecule has 1 aliphatic heterocycles. The Labute approximate surface area is 157 Å². The number of ether oxygens (including phenoxy) is 1. The summed E-state index contributed by atoms with van der Waals surface area (Å²) >= 11 is 0. The first kappa shape index (κ1) is 20.5. The molecule has 1 aromatic carbocycles. The zero-order chi connectivity index (χ0) is 18.8. The molecule has 0 aromatic heterocycles. The van der Waals surface area contributed by atoms with Crippen molar-refractivity contribution >= 4 is 5.96 Å². The second kappa shape index (κ2) is 11.0. The summed E-state index contributed by atoms with van der Waals surface area (Å²) < 4.78 is 5.61. The highest BCUT2D eigenvalue weighted by molar-refractivity contribution is 5.79. The molecule has 0 spiro atoms. The van der Waals surface area contributed by atoms with Crippen LogP contribution in [0.2, 0.25) is 0 Å². The fourth-order valence-electron chi connectivity index (χ4n) is 3.27. The summed E-state index contributed by atoms with van der Waals surface area (Å²) in [6.07, 6.45) is 2.49. The van der Waals surface area contributed by atoms with Crippen LogP contribution < -0.4 is 15.4 Å². The number of para-hydroxylation sites is 1. The summed E-state index contributed by atoms with van der Waals surface area (Å²) in [5, 5.41) is 16.0. The first-order chi connectivity index (χ1) is 12.7. The number of hydrogen-bond donors (Lipinski definition) is 3. The van der Waals surface area contributed by atoms with E-state index in [2.05, 4.69) is 39.6 Å². The molecule has 26 heavy (non-hydrogen) atoms. The number of likely N-dealkylation sites (tertiary alicyclic amines) is 1. The SMILES string of the molecule is CCNC(=NCC(C)CO)NCC(c1ccccc1OC)N1CCCC1. The third-order valence-corrected chi connectivity index (χ3v) is 4.76. The zero-order valence-corrected chi connectivity index (χ0v) is 16.4. The van der Waals surface area contributed by atoms with E-state index in [1.54, 1.807) is 7.11 Å². The molecule has 1 saturated heterocycles. The Kier molecular flexibility index (Phi) is 8.71. The monoisotopic (exact) mass is 362 g/mol. The van der Waals surface area contributed by atoms with Gasteiger partial charge in [0, 0.05) is 31.8 Å². The van der Waals surface area contributed by atoms with Gasteiger partial charge in [-0.3, -0.25) is 9.89 Å². The van der Waals surface area contributed by atoms with E-state index < -0.39 is 0 Å². The number of aliphatic imine (C=N–C) groups is 1. The fraction of sp³-hybridized carbons (Fsp3) is 0.650. The van der Waals surface area contributed by atoms with E-state index in [0.29, 0.717) is 6.54 Å². The largest absolute Gasteiger partial charge is 0.496 e. The van der Waals surface area contributed by atoms with Crippen LogP contribution in [0, 0.1) is 5.92 Å². The van der Waals surface area contributed by atoms with Crippen LogP contribution in [0.5, 0.6) is 5.75 Å². The molecule has 1 aromatic rings. The fourth-order valence-corrected chi connectivity index (χ4v) is 3.27. The highest BCUT2D eigenvalue weighted by Crippen LogP contribution is 2.31. The summed E-state index contributed by atoms with van der Waals surface area (Å²) in [5.41, 5.74) is 1.21. The molecule has 0 bridgehead atoms. The molecule has 0 radical (unpaired) electrons. The van der Waals surface area contributed by atoms with Crippen LogP contribution in [0.3, 0.4) is 0 Å². The molecule has 6 nitrogen and oxygen atoms in total. The van der Waals surface area contributed by atoms with Crippen molar-refractivity contribution in [3.63, 3.8) is 0 Å². The molecule has 0 saturated carbocycles. The minimum Gasteiger partial charge on any atom is -0.496 e. The molecule has 2 atom stereocenters. The van der Waals surface area contributed by atoms with E-state index in [1.165, 1.54) is 18.4 Å². The van der Waals surface area contributed by atoms with E-state index in [1.807, 2.05) is 19.1 Å². The highest BCUT2D eigenvalue weighted by atomic mass is 16.5. The number of nitrogens with zero attached hydrogens (tertiary/aromatic N) is 2. The number of aliphatic hydroxyl groups is 1. The van der Waals surface area contributed by atoms with E-state index >= 15 is 0 Å². The van der Waals surface area contributed by atoms with Crippen LogP contribution in [0.1, 0.15) is 38.3 Å². The molecule has 1 fully saturated rings. The standard InChI is InChI=1S/C20H34N4O2/c1-4-21-20(22-13-16(2)15-25)23-14-18(24-11-7-8-12-24)17-9-5-6-10-19(17)26-3/h5-6,9-10,16,18,25H,4,7-8,11-15H2,1-3H3,(H2,21,22,23). The Hall–Kier alpha value is -1.79. The Morgan fingerprint density at radius 3 is 2.65 bits per heavy atom. The lowest BCUT2D eigenvalue weighted by atomic mass is 10.0. The van der Waals surface area contributed by atoms with Gasteiger partial charge in [0.15, 0.2) is 5.96 Å². The van der Waals surface area contributed by atoms with Gasteiger partial charge in [0.2, 0.25) is 0 Å². The van der Waals surface area contributed by atoms with E-state index in [4.69, 9.17) is 4.74 Å². The van der Waals surface area contributed by atoms with Gasteiger partial charge in [-0.15, -0.1) is 0 Å². The zero-order valence-electron chi connectivity index (χ0n) is 16.4. The average molecular weight is 363 g/mol. The van der Waals surface area contributed by atoms with Gasteiger partial charge in [0.1, 0.15) is 5.75 Å². The summed E-state index contributed by atoms with van der Waals surface area (Å²) in [4.78, 5) is 7.12. The lowest BCUT2D eigenvalue weighted by molar-refractivity contribution is 0.238. The average Bonchev–Trinajstić information content (AvgIpc) is 3.20. The van der Waals surface area contributed by atoms with Crippen molar-refractivity contribution in [3.8, 4) is 5.75 Å². The van der Waals surface area contributed by atoms with Crippen molar-refractivity contribution in [3.05, 3.63) is 29.8 Å². The van der Waals surface area contributed by atoms with Crippen molar-refractivity contribution in [1.82, 2.24) is 15.5 Å². The second-order valence-electron chi connectivity index (χ2n) is 6.89. The number of aliphatic hydroxyl groups excluding tert-OH is 1. The summed E-state index contributed by atoms with van der Waals surface area (Å²) in [7, 11) is 1.73. The van der Waals surface area contributed by atoms with E-state index in [9.17, 15) is 5.11 Å². The van der Waals surface area contributed by atoms with E-state index in [0.717, 1.165) is 37.9 Å². The van der Waals surface area contributed by atoms with Gasteiger partial charge in [-0.1, -0.05) is 25.1 Å². The lowest BCUT2D eigenvalue weighted by Gasteiger charge is -2.30. The molecular weight excluding hydrogens is 328 g/mol. The van der Waals surface area contributed by atoms with Crippen molar-refractivity contribution in [1.29, 1.82) is 0 Å². The van der Waals surface area contributed by atoms with Crippen LogP contribution in [0.15, 0.2) is 29.3 Å². The minimum absolute atomic E-state index is 0.153. The Morgan fingerprint density at radius 1 is 1.27 bits per heavy atom. The van der Waals surface area contributed by atoms with Gasteiger partial charge in [0.25, 0.3) is 0 Å². The van der Waals surface area contributed by atoms with Gasteiger partial charge < -0.3 is 20.5 Å². The molecule has 2 rings (SSSR count). The highest BCUT2D eigenvalue weighted by Gasteiger charge is 2.26. The predicted octanol–water partition coefficient (Wildman–Crippen LogP) is 2.02. The third kappa shape index (κ3) is 5.88. The number of guanidine groups is 1. The lowest BCUT2D eigenvalue weighted by Crippen LogP contribution is -2.43. The first-order valence-corrected chi connectivity index (χ1v) is 9.69. The van der Waals surface area contributed by atoms with Crippen molar-refractivity contribution in [2.75, 3.05) is 46.4 Å². The first-order valence-electron chi connectivity index (χ1n) is 9.69. The maximum absolute atomic E-state index is 9.21. The van der Waals surface area contributed by atoms with Crippen LogP contribution in [0.4, 0.5) is 0 Å². The third-order valence-electron chi connectivity index (χ3n) is 4.76. The minimum atomic E-state index is 0.153. The molecule has 146 valence electrons. The normalized spacial score (nSPS) is 17.8. The topological polar surface area (TPSA) is 69.1 Å². The molecule has 1 aliphatic rings. The smallest absolute Gasteiger partial charge is 0.191 e. The molecular formula is C20H34N4O2. The maximum Gasteiger partial charge on any atom is 0.191 e. The molecule has 1 heterocycles. The Bertz CT molecular complexity index is 558. The van der Waals surface area contributed by atoms with Crippen molar-refractivity contribution in [2.24, 2.45) is 10.9 Å². The van der Waals surface area contributed by atoms with Crippen molar-refractivity contribution < 1.29 is 9.84 Å². The molecule has 2 unspecified atom stereocenters. The van der Waals surface area contributed by atoms with Crippen LogP contribution in [-0.4, -0.2) is 62.4 Å². The van der Waals surface area contributed by atoms with Crippen LogP contribution in [0.25, 0.3) is 0 Å². The quantitative estimate of drug-likeness (QED) is 0.463. The maximum atomic E-state index is 9.21. The van der Waals surface area contributed by atoms with Gasteiger partial charge in [-0.25, -0.2) is 0 Å². The van der Waals surface area contributed by atoms with Gasteiger partial charge in [-0.2, -0.15) is 0 Å². The summed E-state index contributed by atoms with van der Waals surface area (Å²) in [6, 6.07) is 8.51. The summed E-state index contributed by atoms with van der Waals surface area (Å²) in [5.74, 6) is 1.89. The van der Waals surface area contributed by atoms with E-state index in [-0.39, 0.29) is 18.6 Å². The van der Waals surface area contributed by atoms with Gasteiger partial charge in [-0.05, 0) is 44.8 Å². The Morgan fingerprint density at radius 2 is 2.00 bits per heavy atom. The van der Waals surface area contributed by atoms with Crippen LogP contribution >= 0.6 is 0 Å². The second-order valence-corrected chi connectivity index (χ2v) is 6.89. The number of rotatable bonds is 9. The number of hydrogen-bond acceptors (Lipinski definition) is 4. The van der Waals surface area contributed by atoms with Gasteiger partial charge >= 0.3 is 0 Å². The number of nitrogens with one attached hydrogen (secondary N) is 2. The molecule has 0 amide bonds. The molecule has 6 heteroatoms. The number of benzene rings is 1. The molecule has 0 aliphatic carbocycles. The summed E-state index contributed by atoms with van der Waals surface area (Å²) in [6.45, 7) is 8.61. The number of methoxy groups -OCH3 is 1. The van der Waals surface area contributed by atoms with Crippen molar-refractivity contribution in [2.45, 2.75) is 32.7 Å². The predicted molar refractivity (Wildman–Crippen MR) is 107 cm³/mol. The molecule has 3 N–H and O–H groups in total. The van der Waals surface area contributed by atoms with Gasteiger partial charge in [0.05, 0.1) is 13.2 Å².